The number of amides is 1. The van der Waals surface area contributed by atoms with E-state index in [0.29, 0.717) is 41.9 Å². The Morgan fingerprint density at radius 2 is 2.18 bits per heavy atom. The van der Waals surface area contributed by atoms with Gasteiger partial charge < -0.3 is 25.6 Å². The van der Waals surface area contributed by atoms with Crippen molar-refractivity contribution < 1.29 is 14.3 Å². The lowest BCUT2D eigenvalue weighted by Crippen LogP contribution is -2.41. The molecule has 1 fully saturated rings. The summed E-state index contributed by atoms with van der Waals surface area (Å²) in [4.78, 5) is 33.4. The SMILES string of the molecule is O=C(NCCn1cnc2cnc(Nc3ncc(-c4ncncc4F)s3)cc21)[C@@H]1C[C@@H](O)CN1. The molecule has 1 saturated heterocycles. The number of nitrogens with one attached hydrogen (secondary N) is 3. The number of anilines is 2. The molecule has 0 radical (unpaired) electrons. The van der Waals surface area contributed by atoms with E-state index in [1.807, 2.05) is 10.6 Å². The summed E-state index contributed by atoms with van der Waals surface area (Å²) in [6, 6.07) is 1.48. The maximum Gasteiger partial charge on any atom is 0.237 e. The van der Waals surface area contributed by atoms with E-state index >= 15 is 0 Å². The van der Waals surface area contributed by atoms with Crippen molar-refractivity contribution in [1.82, 2.24) is 40.1 Å². The zero-order valence-electron chi connectivity index (χ0n) is 17.3. The predicted molar refractivity (Wildman–Crippen MR) is 119 cm³/mol. The Labute approximate surface area is 191 Å². The number of aliphatic hydroxyl groups is 1. The number of aliphatic hydroxyl groups excluding tert-OH is 1. The lowest BCUT2D eigenvalue weighted by atomic mass is 10.2. The van der Waals surface area contributed by atoms with Crippen molar-refractivity contribution in [1.29, 1.82) is 0 Å². The smallest absolute Gasteiger partial charge is 0.237 e. The van der Waals surface area contributed by atoms with Gasteiger partial charge in [-0.3, -0.25) is 4.79 Å². The summed E-state index contributed by atoms with van der Waals surface area (Å²) in [5.41, 5.74) is 1.76. The molecule has 0 saturated carbocycles. The van der Waals surface area contributed by atoms with E-state index in [1.165, 1.54) is 17.7 Å². The van der Waals surface area contributed by atoms with E-state index in [4.69, 9.17) is 0 Å². The normalized spacial score (nSPS) is 18.0. The number of fused-ring (bicyclic) bond motifs is 1. The van der Waals surface area contributed by atoms with E-state index < -0.39 is 11.9 Å². The molecule has 13 heteroatoms. The van der Waals surface area contributed by atoms with E-state index in [1.54, 1.807) is 18.7 Å². The van der Waals surface area contributed by atoms with Gasteiger partial charge in [0.2, 0.25) is 5.91 Å². The van der Waals surface area contributed by atoms with Crippen LogP contribution in [0, 0.1) is 5.82 Å². The lowest BCUT2D eigenvalue weighted by molar-refractivity contribution is -0.122. The Bertz CT molecular complexity index is 1290. The van der Waals surface area contributed by atoms with Crippen molar-refractivity contribution in [2.24, 2.45) is 0 Å². The Kier molecular flexibility index (Phi) is 5.90. The van der Waals surface area contributed by atoms with Crippen LogP contribution >= 0.6 is 11.3 Å². The second kappa shape index (κ2) is 9.13. The van der Waals surface area contributed by atoms with Crippen LogP contribution in [0.4, 0.5) is 15.3 Å². The van der Waals surface area contributed by atoms with Gasteiger partial charge in [0.05, 0.1) is 41.3 Å². The molecular weight excluding hydrogens is 449 g/mol. The van der Waals surface area contributed by atoms with Gasteiger partial charge in [-0.25, -0.2) is 29.3 Å². The number of rotatable bonds is 7. The van der Waals surface area contributed by atoms with Gasteiger partial charge in [-0.15, -0.1) is 0 Å². The van der Waals surface area contributed by atoms with Crippen molar-refractivity contribution in [3.8, 4) is 10.6 Å². The molecule has 0 aromatic carbocycles. The molecular formula is C20H20FN9O2S. The first-order valence-electron chi connectivity index (χ1n) is 10.3. The molecule has 11 nitrogen and oxygen atoms in total. The first-order valence-corrected chi connectivity index (χ1v) is 11.1. The maximum atomic E-state index is 13.9. The van der Waals surface area contributed by atoms with Gasteiger partial charge in [0.25, 0.3) is 0 Å². The average molecular weight is 470 g/mol. The second-order valence-electron chi connectivity index (χ2n) is 7.51. The molecule has 0 unspecified atom stereocenters. The molecule has 4 N–H and O–H groups in total. The number of aromatic nitrogens is 6. The second-order valence-corrected chi connectivity index (χ2v) is 8.54. The van der Waals surface area contributed by atoms with Gasteiger partial charge in [-0.1, -0.05) is 11.3 Å². The van der Waals surface area contributed by atoms with Crippen molar-refractivity contribution >= 4 is 39.2 Å². The quantitative estimate of drug-likeness (QED) is 0.312. The van der Waals surface area contributed by atoms with E-state index in [9.17, 15) is 14.3 Å². The Hall–Kier alpha value is -3.55. The van der Waals surface area contributed by atoms with Crippen LogP contribution in [-0.2, 0) is 11.3 Å². The number of imidazole rings is 1. The zero-order chi connectivity index (χ0) is 22.8. The van der Waals surface area contributed by atoms with Crippen molar-refractivity contribution in [2.75, 3.05) is 18.4 Å². The topological polar surface area (TPSA) is 143 Å². The molecule has 1 aliphatic rings. The Morgan fingerprint density at radius 1 is 1.27 bits per heavy atom. The minimum absolute atomic E-state index is 0.125. The summed E-state index contributed by atoms with van der Waals surface area (Å²) in [5.74, 6) is -0.0793. The number of nitrogens with zero attached hydrogens (tertiary/aromatic N) is 6. The fourth-order valence-electron chi connectivity index (χ4n) is 3.59. The molecule has 1 aliphatic heterocycles. The van der Waals surface area contributed by atoms with Gasteiger partial charge in [0.1, 0.15) is 23.4 Å². The van der Waals surface area contributed by atoms with Crippen molar-refractivity contribution in [2.45, 2.75) is 25.1 Å². The molecule has 0 bridgehead atoms. The first kappa shape index (κ1) is 21.3. The van der Waals surface area contributed by atoms with Crippen LogP contribution in [0.15, 0.2) is 37.3 Å². The van der Waals surface area contributed by atoms with Crippen LogP contribution in [0.3, 0.4) is 0 Å². The first-order chi connectivity index (χ1) is 16.1. The number of β-amino-alcohol motifs (C(OH)–C–C–N with tert-alkyl or cyclic N) is 1. The molecule has 2 atom stereocenters. The third-order valence-electron chi connectivity index (χ3n) is 5.23. The summed E-state index contributed by atoms with van der Waals surface area (Å²) in [6.45, 7) is 1.38. The molecule has 4 aromatic rings. The highest BCUT2D eigenvalue weighted by molar-refractivity contribution is 7.18. The van der Waals surface area contributed by atoms with Crippen molar-refractivity contribution in [3.05, 3.63) is 43.1 Å². The molecule has 1 amide bonds. The predicted octanol–water partition coefficient (Wildman–Crippen LogP) is 1.07. The molecule has 5 rings (SSSR count). The van der Waals surface area contributed by atoms with E-state index in [0.717, 1.165) is 17.2 Å². The number of hydrogen-bond donors (Lipinski definition) is 4. The van der Waals surface area contributed by atoms with Gasteiger partial charge in [-0.05, 0) is 6.42 Å². The number of hydrogen-bond acceptors (Lipinski definition) is 10. The minimum atomic E-state index is -0.511. The molecule has 0 spiro atoms. The summed E-state index contributed by atoms with van der Waals surface area (Å²) < 4.78 is 15.8. The Morgan fingerprint density at radius 3 is 3.00 bits per heavy atom. The van der Waals surface area contributed by atoms with Crippen LogP contribution in [0.25, 0.3) is 21.6 Å². The highest BCUT2D eigenvalue weighted by atomic mass is 32.1. The number of pyridine rings is 1. The average Bonchev–Trinajstić information content (AvgIpc) is 3.55. The standard InChI is InChI=1S/C20H20FN9O2S/c21-12-6-22-9-27-18(12)16-8-26-20(33-16)29-17-4-15-14(7-25-17)28-10-30(15)2-1-23-19(32)13-3-11(31)5-24-13/h4,6-11,13,24,31H,1-3,5H2,(H,23,32)(H,25,26,29)/t11-,13+/m1/s1. The minimum Gasteiger partial charge on any atom is -0.392 e. The summed E-state index contributed by atoms with van der Waals surface area (Å²) in [5, 5.41) is 19.1. The van der Waals surface area contributed by atoms with Crippen LogP contribution in [-0.4, -0.2) is 65.7 Å². The van der Waals surface area contributed by atoms with Crippen LogP contribution in [0.1, 0.15) is 6.42 Å². The fraction of sp³-hybridized carbons (Fsp3) is 0.300. The van der Waals surface area contributed by atoms with Crippen LogP contribution < -0.4 is 16.0 Å². The van der Waals surface area contributed by atoms with Gasteiger partial charge in [-0.2, -0.15) is 0 Å². The molecule has 170 valence electrons. The molecule has 0 aliphatic carbocycles. The number of halogens is 1. The monoisotopic (exact) mass is 469 g/mol. The third-order valence-corrected chi connectivity index (χ3v) is 6.14. The van der Waals surface area contributed by atoms with Crippen LogP contribution in [0.2, 0.25) is 0 Å². The fourth-order valence-corrected chi connectivity index (χ4v) is 4.41. The van der Waals surface area contributed by atoms with Crippen LogP contribution in [0.5, 0.6) is 0 Å². The maximum absolute atomic E-state index is 13.9. The third kappa shape index (κ3) is 4.65. The van der Waals surface area contributed by atoms with Crippen molar-refractivity contribution in [3.63, 3.8) is 0 Å². The molecule has 4 aromatic heterocycles. The highest BCUT2D eigenvalue weighted by Crippen LogP contribution is 2.30. The summed E-state index contributed by atoms with van der Waals surface area (Å²) in [6.07, 6.45) is 7.23. The number of thiazole rings is 1. The summed E-state index contributed by atoms with van der Waals surface area (Å²) >= 11 is 1.25. The Balaban J connectivity index is 1.25. The van der Waals surface area contributed by atoms with E-state index in [-0.39, 0.29) is 17.6 Å². The summed E-state index contributed by atoms with van der Waals surface area (Å²) in [7, 11) is 0. The van der Waals surface area contributed by atoms with Gasteiger partial charge in [0.15, 0.2) is 10.9 Å². The molecule has 5 heterocycles. The van der Waals surface area contributed by atoms with E-state index in [2.05, 4.69) is 40.9 Å². The van der Waals surface area contributed by atoms with Gasteiger partial charge in [0, 0.05) is 31.9 Å². The number of carbonyl (C=O) groups excluding carboxylic acids is 1. The lowest BCUT2D eigenvalue weighted by Gasteiger charge is -2.11. The zero-order valence-corrected chi connectivity index (χ0v) is 18.1. The largest absolute Gasteiger partial charge is 0.392 e. The highest BCUT2D eigenvalue weighted by Gasteiger charge is 2.27. The van der Waals surface area contributed by atoms with Gasteiger partial charge >= 0.3 is 0 Å². The molecule has 33 heavy (non-hydrogen) atoms. The number of carbonyl (C=O) groups is 1.